The van der Waals surface area contributed by atoms with Gasteiger partial charge in [-0.05, 0) is 49.0 Å². The number of aromatic nitrogens is 2. The highest BCUT2D eigenvalue weighted by Crippen LogP contribution is 2.31. The molecule has 0 aliphatic carbocycles. The number of nitrogens with zero attached hydrogens (tertiary/aromatic N) is 3. The number of piperidine rings is 1. The van der Waals surface area contributed by atoms with Crippen LogP contribution in [-0.2, 0) is 17.9 Å². The summed E-state index contributed by atoms with van der Waals surface area (Å²) in [7, 11) is 3.19. The molecule has 1 aliphatic heterocycles. The summed E-state index contributed by atoms with van der Waals surface area (Å²) in [6, 6.07) is 9.53. The number of hydrogen-bond donors (Lipinski definition) is 1. The number of rotatable bonds is 8. The highest BCUT2D eigenvalue weighted by molar-refractivity contribution is 7.09. The quantitative estimate of drug-likeness (QED) is 0.572. The average Bonchev–Trinajstić information content (AvgIpc) is 3.49. The van der Waals surface area contributed by atoms with Crippen LogP contribution in [0.4, 0.5) is 0 Å². The van der Waals surface area contributed by atoms with Gasteiger partial charge < -0.3 is 19.3 Å². The van der Waals surface area contributed by atoms with E-state index in [2.05, 4.69) is 20.4 Å². The maximum atomic E-state index is 12.6. The molecule has 1 saturated heterocycles. The van der Waals surface area contributed by atoms with E-state index in [1.165, 1.54) is 0 Å². The van der Waals surface area contributed by atoms with Crippen LogP contribution in [0.1, 0.15) is 23.6 Å². The SMILES string of the molecule is COc1ccc(-c2noc(CN3CCC[C@@H](C(=O)NCc4cccs4)C3)n2)cc1OC. The number of carbonyl (C=O) groups is 1. The van der Waals surface area contributed by atoms with Crippen LogP contribution in [0.25, 0.3) is 11.4 Å². The van der Waals surface area contributed by atoms with Crippen LogP contribution in [-0.4, -0.2) is 48.3 Å². The number of ether oxygens (including phenoxy) is 2. The highest BCUT2D eigenvalue weighted by atomic mass is 32.1. The van der Waals surface area contributed by atoms with E-state index in [1.807, 2.05) is 35.7 Å². The fourth-order valence-corrected chi connectivity index (χ4v) is 4.39. The molecule has 0 unspecified atom stereocenters. The first-order valence-electron chi connectivity index (χ1n) is 10.2. The van der Waals surface area contributed by atoms with E-state index in [0.717, 1.165) is 29.8 Å². The minimum atomic E-state index is -0.0260. The van der Waals surface area contributed by atoms with Gasteiger partial charge in [-0.2, -0.15) is 4.98 Å². The van der Waals surface area contributed by atoms with Crippen molar-refractivity contribution in [1.82, 2.24) is 20.4 Å². The monoisotopic (exact) mass is 442 g/mol. The first-order chi connectivity index (χ1) is 15.2. The molecule has 3 aromatic rings. The largest absolute Gasteiger partial charge is 0.493 e. The zero-order chi connectivity index (χ0) is 21.6. The lowest BCUT2D eigenvalue weighted by molar-refractivity contribution is -0.127. The van der Waals surface area contributed by atoms with Crippen LogP contribution < -0.4 is 14.8 Å². The zero-order valence-corrected chi connectivity index (χ0v) is 18.5. The van der Waals surface area contributed by atoms with Gasteiger partial charge in [0.25, 0.3) is 0 Å². The van der Waals surface area contributed by atoms with E-state index in [-0.39, 0.29) is 11.8 Å². The lowest BCUT2D eigenvalue weighted by atomic mass is 9.97. The number of methoxy groups -OCH3 is 2. The molecule has 31 heavy (non-hydrogen) atoms. The van der Waals surface area contributed by atoms with Crippen molar-refractivity contribution in [2.75, 3.05) is 27.3 Å². The second-order valence-corrected chi connectivity index (χ2v) is 8.49. The van der Waals surface area contributed by atoms with E-state index in [9.17, 15) is 4.79 Å². The predicted octanol–water partition coefficient (Wildman–Crippen LogP) is 3.34. The molecule has 0 bridgehead atoms. The fourth-order valence-electron chi connectivity index (χ4n) is 3.75. The number of amides is 1. The second kappa shape index (κ2) is 9.93. The normalized spacial score (nSPS) is 16.8. The van der Waals surface area contributed by atoms with Gasteiger partial charge in [-0.25, -0.2) is 0 Å². The van der Waals surface area contributed by atoms with Crippen molar-refractivity contribution in [3.05, 3.63) is 46.5 Å². The minimum Gasteiger partial charge on any atom is -0.493 e. The van der Waals surface area contributed by atoms with Gasteiger partial charge in [-0.1, -0.05) is 11.2 Å². The molecule has 0 spiro atoms. The van der Waals surface area contributed by atoms with Crippen molar-refractivity contribution in [3.8, 4) is 22.9 Å². The summed E-state index contributed by atoms with van der Waals surface area (Å²) < 4.78 is 16.1. The molecule has 3 heterocycles. The summed E-state index contributed by atoms with van der Waals surface area (Å²) in [4.78, 5) is 20.5. The number of nitrogens with one attached hydrogen (secondary N) is 1. The molecule has 0 radical (unpaired) electrons. The molecular formula is C22H26N4O4S. The molecule has 1 aliphatic rings. The predicted molar refractivity (Wildman–Crippen MR) is 117 cm³/mol. The summed E-state index contributed by atoms with van der Waals surface area (Å²) in [5, 5.41) is 9.18. The number of thiophene rings is 1. The first-order valence-corrected chi connectivity index (χ1v) is 11.1. The van der Waals surface area contributed by atoms with Gasteiger partial charge in [0.1, 0.15) is 0 Å². The number of hydrogen-bond acceptors (Lipinski definition) is 8. The molecule has 2 aromatic heterocycles. The molecule has 164 valence electrons. The van der Waals surface area contributed by atoms with E-state index in [0.29, 0.717) is 42.8 Å². The number of benzene rings is 1. The zero-order valence-electron chi connectivity index (χ0n) is 17.7. The molecule has 4 rings (SSSR count). The van der Waals surface area contributed by atoms with Crippen molar-refractivity contribution >= 4 is 17.2 Å². The lowest BCUT2D eigenvalue weighted by Crippen LogP contribution is -2.42. The van der Waals surface area contributed by atoms with Gasteiger partial charge >= 0.3 is 0 Å². The molecule has 8 nitrogen and oxygen atoms in total. The smallest absolute Gasteiger partial charge is 0.241 e. The maximum absolute atomic E-state index is 12.6. The van der Waals surface area contributed by atoms with Crippen LogP contribution in [0.15, 0.2) is 40.2 Å². The Morgan fingerprint density at radius 3 is 2.94 bits per heavy atom. The average molecular weight is 443 g/mol. The van der Waals surface area contributed by atoms with Gasteiger partial charge in [0, 0.05) is 17.0 Å². The molecule has 1 atom stereocenters. The molecule has 0 saturated carbocycles. The minimum absolute atomic E-state index is 0.0260. The van der Waals surface area contributed by atoms with Gasteiger partial charge in [0.15, 0.2) is 11.5 Å². The first kappa shape index (κ1) is 21.3. The van der Waals surface area contributed by atoms with Crippen LogP contribution in [0.5, 0.6) is 11.5 Å². The summed E-state index contributed by atoms with van der Waals surface area (Å²) in [5.74, 6) is 2.37. The summed E-state index contributed by atoms with van der Waals surface area (Å²) in [6.07, 6.45) is 1.86. The van der Waals surface area contributed by atoms with Crippen LogP contribution >= 0.6 is 11.3 Å². The molecular weight excluding hydrogens is 416 g/mol. The third kappa shape index (κ3) is 5.23. The van der Waals surface area contributed by atoms with Crippen LogP contribution in [0.2, 0.25) is 0 Å². The molecule has 1 N–H and O–H groups in total. The molecule has 9 heteroatoms. The van der Waals surface area contributed by atoms with E-state index < -0.39 is 0 Å². The second-order valence-electron chi connectivity index (χ2n) is 7.45. The van der Waals surface area contributed by atoms with E-state index in [1.54, 1.807) is 25.6 Å². The van der Waals surface area contributed by atoms with Gasteiger partial charge in [0.05, 0.1) is 33.2 Å². The third-order valence-corrected chi connectivity index (χ3v) is 6.24. The number of likely N-dealkylation sites (tertiary alicyclic amines) is 1. The van der Waals surface area contributed by atoms with Crippen molar-refractivity contribution in [3.63, 3.8) is 0 Å². The molecule has 1 aromatic carbocycles. The van der Waals surface area contributed by atoms with Crippen molar-refractivity contribution in [2.45, 2.75) is 25.9 Å². The third-order valence-electron chi connectivity index (χ3n) is 5.36. The summed E-state index contributed by atoms with van der Waals surface area (Å²) in [6.45, 7) is 2.70. The summed E-state index contributed by atoms with van der Waals surface area (Å²) >= 11 is 1.65. The fraction of sp³-hybridized carbons (Fsp3) is 0.409. The Labute approximate surface area is 185 Å². The standard InChI is InChI=1S/C22H26N4O4S/c1-28-18-8-7-15(11-19(18)29-2)21-24-20(30-25-21)14-26-9-3-5-16(13-26)22(27)23-12-17-6-4-10-31-17/h4,6-8,10-11,16H,3,5,9,12-14H2,1-2H3,(H,23,27)/t16-/m1/s1. The Morgan fingerprint density at radius 2 is 2.16 bits per heavy atom. The van der Waals surface area contributed by atoms with Gasteiger partial charge in [0.2, 0.25) is 17.6 Å². The Balaban J connectivity index is 1.35. The van der Waals surface area contributed by atoms with E-state index >= 15 is 0 Å². The van der Waals surface area contributed by atoms with Crippen molar-refractivity contribution < 1.29 is 18.8 Å². The highest BCUT2D eigenvalue weighted by Gasteiger charge is 2.27. The topological polar surface area (TPSA) is 89.7 Å². The molecule has 1 fully saturated rings. The Hall–Kier alpha value is -2.91. The van der Waals surface area contributed by atoms with Crippen LogP contribution in [0, 0.1) is 5.92 Å². The molecule has 1 amide bonds. The maximum Gasteiger partial charge on any atom is 0.241 e. The Kier molecular flexibility index (Phi) is 6.83. The van der Waals surface area contributed by atoms with Gasteiger partial charge in [-0.3, -0.25) is 9.69 Å². The lowest BCUT2D eigenvalue weighted by Gasteiger charge is -2.30. The Bertz CT molecular complexity index is 1000. The summed E-state index contributed by atoms with van der Waals surface area (Å²) in [5.41, 5.74) is 0.789. The van der Waals surface area contributed by atoms with Crippen LogP contribution in [0.3, 0.4) is 0 Å². The van der Waals surface area contributed by atoms with E-state index in [4.69, 9.17) is 14.0 Å². The van der Waals surface area contributed by atoms with Crippen molar-refractivity contribution in [1.29, 1.82) is 0 Å². The Morgan fingerprint density at radius 1 is 1.29 bits per heavy atom. The van der Waals surface area contributed by atoms with Gasteiger partial charge in [-0.15, -0.1) is 11.3 Å². The number of carbonyl (C=O) groups excluding carboxylic acids is 1. The van der Waals surface area contributed by atoms with Crippen molar-refractivity contribution in [2.24, 2.45) is 5.92 Å².